The summed E-state index contributed by atoms with van der Waals surface area (Å²) >= 11 is 0. The molecule has 0 saturated heterocycles. The van der Waals surface area contributed by atoms with E-state index in [1.807, 2.05) is 32.9 Å². The van der Waals surface area contributed by atoms with E-state index in [1.165, 1.54) is 19.2 Å². The largest absolute Gasteiger partial charge is 0.454 e. The highest BCUT2D eigenvalue weighted by Gasteiger charge is 2.24. The van der Waals surface area contributed by atoms with Crippen molar-refractivity contribution < 1.29 is 28.4 Å². The molecule has 0 fully saturated rings. The second-order valence-electron chi connectivity index (χ2n) is 8.05. The van der Waals surface area contributed by atoms with Gasteiger partial charge in [-0.25, -0.2) is 14.0 Å². The first-order chi connectivity index (χ1) is 14.2. The van der Waals surface area contributed by atoms with Gasteiger partial charge < -0.3 is 14.4 Å². The lowest BCUT2D eigenvalue weighted by Crippen LogP contribution is -2.38. The van der Waals surface area contributed by atoms with Gasteiger partial charge in [-0.15, -0.1) is 0 Å². The molecule has 2 aromatic carbocycles. The van der Waals surface area contributed by atoms with Crippen LogP contribution in [0, 0.1) is 10.7 Å². The Labute approximate surface area is 174 Å². The van der Waals surface area contributed by atoms with Gasteiger partial charge in [0.1, 0.15) is 11.4 Å². The topological polar surface area (TPSA) is 68.1 Å². The first-order valence-electron chi connectivity index (χ1n) is 9.75. The molecule has 0 spiro atoms. The van der Waals surface area contributed by atoms with E-state index in [9.17, 15) is 14.1 Å². The summed E-state index contributed by atoms with van der Waals surface area (Å²) in [7, 11) is 1.20. The molecule has 8 heteroatoms. The number of rotatable bonds is 4. The second-order valence-corrected chi connectivity index (χ2v) is 8.05. The first-order valence-corrected chi connectivity index (χ1v) is 9.75. The molecule has 0 radical (unpaired) electrons. The van der Waals surface area contributed by atoms with Gasteiger partial charge in [0.25, 0.3) is 4.92 Å². The van der Waals surface area contributed by atoms with Crippen molar-refractivity contribution in [3.8, 4) is 11.5 Å². The Kier molecular flexibility index (Phi) is 6.24. The van der Waals surface area contributed by atoms with Crippen LogP contribution in [0.1, 0.15) is 31.9 Å². The maximum Gasteiger partial charge on any atom is 0.410 e. The zero-order valence-electron chi connectivity index (χ0n) is 17.6. The zero-order chi connectivity index (χ0) is 21.9. The van der Waals surface area contributed by atoms with Gasteiger partial charge in [0.2, 0.25) is 0 Å². The number of carbonyl (C=O) groups excluding carboxylic acids is 1. The Morgan fingerprint density at radius 1 is 1.07 bits per heavy atom. The van der Waals surface area contributed by atoms with E-state index < -0.39 is 11.4 Å². The molecule has 160 valence electrons. The molecule has 30 heavy (non-hydrogen) atoms. The minimum atomic E-state index is -0.670. The number of halogens is 1. The van der Waals surface area contributed by atoms with Crippen LogP contribution >= 0.6 is 0 Å². The van der Waals surface area contributed by atoms with Crippen LogP contribution in [0.4, 0.5) is 14.9 Å². The Balaban J connectivity index is 1.71. The second kappa shape index (κ2) is 8.69. The van der Waals surface area contributed by atoms with Gasteiger partial charge in [-0.1, -0.05) is 6.07 Å². The zero-order valence-corrected chi connectivity index (χ0v) is 17.6. The van der Waals surface area contributed by atoms with Crippen LogP contribution in [-0.2, 0) is 22.4 Å². The molecule has 1 aliphatic heterocycles. The van der Waals surface area contributed by atoms with Gasteiger partial charge in [0.15, 0.2) is 18.7 Å². The van der Waals surface area contributed by atoms with Crippen molar-refractivity contribution in [2.45, 2.75) is 39.2 Å². The summed E-state index contributed by atoms with van der Waals surface area (Å²) in [5.41, 5.74) is 1.65. The maximum absolute atomic E-state index is 14.3. The number of ether oxygens (including phenoxy) is 2. The van der Waals surface area contributed by atoms with Crippen molar-refractivity contribution >= 4 is 11.8 Å². The molecule has 0 aromatic heterocycles. The van der Waals surface area contributed by atoms with Crippen LogP contribution in [0.15, 0.2) is 36.4 Å². The summed E-state index contributed by atoms with van der Waals surface area (Å²) in [6.45, 7) is 6.64. The highest BCUT2D eigenvalue weighted by molar-refractivity contribution is 5.68. The Morgan fingerprint density at radius 3 is 2.40 bits per heavy atom. The van der Waals surface area contributed by atoms with Gasteiger partial charge in [-0.3, -0.25) is 0 Å². The molecule has 3 rings (SSSR count). The summed E-state index contributed by atoms with van der Waals surface area (Å²) in [5, 5.41) is 0. The Bertz CT molecular complexity index is 955. The third-order valence-electron chi connectivity index (χ3n) is 4.65. The predicted molar refractivity (Wildman–Crippen MR) is 108 cm³/mol. The highest BCUT2D eigenvalue weighted by atomic mass is 19.1. The SMILES string of the molecule is CO[N+](=O)c1ccc(Oc2ccc3c(c2)CCN(C(=O)OC(C)(C)C)CC3)c(F)c1. The molecule has 0 unspecified atom stereocenters. The molecule has 0 N–H and O–H groups in total. The van der Waals surface area contributed by atoms with E-state index in [1.54, 1.807) is 11.0 Å². The summed E-state index contributed by atoms with van der Waals surface area (Å²) in [5.74, 6) is -0.180. The van der Waals surface area contributed by atoms with Crippen molar-refractivity contribution in [3.63, 3.8) is 0 Å². The monoisotopic (exact) mass is 417 g/mol. The van der Waals surface area contributed by atoms with E-state index >= 15 is 0 Å². The Hall–Kier alpha value is -3.16. The summed E-state index contributed by atoms with van der Waals surface area (Å²) in [6.07, 6.45) is 1.03. The molecular weight excluding hydrogens is 391 g/mol. The number of hydrogen-bond acceptors (Lipinski definition) is 5. The molecule has 1 heterocycles. The average Bonchev–Trinajstić information content (AvgIpc) is 2.90. The van der Waals surface area contributed by atoms with E-state index in [-0.39, 0.29) is 22.5 Å². The summed E-state index contributed by atoms with van der Waals surface area (Å²) < 4.78 is 25.5. The fourth-order valence-corrected chi connectivity index (χ4v) is 3.19. The van der Waals surface area contributed by atoms with Crippen LogP contribution in [0.2, 0.25) is 0 Å². The quantitative estimate of drug-likeness (QED) is 0.660. The number of nitrogens with zero attached hydrogens (tertiary/aromatic N) is 2. The molecule has 0 saturated carbocycles. The van der Waals surface area contributed by atoms with Gasteiger partial charge >= 0.3 is 11.8 Å². The number of fused-ring (bicyclic) bond motifs is 1. The number of amides is 1. The minimum Gasteiger partial charge on any atom is -0.454 e. The molecular formula is C22H26FN2O5+. The minimum absolute atomic E-state index is 0.00667. The smallest absolute Gasteiger partial charge is 0.410 e. The molecule has 0 bridgehead atoms. The van der Waals surface area contributed by atoms with E-state index in [4.69, 9.17) is 9.47 Å². The number of benzene rings is 2. The van der Waals surface area contributed by atoms with Gasteiger partial charge in [0, 0.05) is 19.2 Å². The van der Waals surface area contributed by atoms with Crippen molar-refractivity contribution in [1.29, 1.82) is 0 Å². The van der Waals surface area contributed by atoms with E-state index in [0.717, 1.165) is 17.2 Å². The highest BCUT2D eigenvalue weighted by Crippen LogP contribution is 2.30. The standard InChI is InChI=1S/C22H26FN2O5/c1-22(2,3)30-21(26)24-11-9-15-5-7-18(13-16(15)10-12-24)29-20-8-6-17(14-19(20)23)25(27)28-4/h5-8,13-14H,9-12H2,1-4H3/q+1. The van der Waals surface area contributed by atoms with Gasteiger partial charge in [0.05, 0.1) is 11.0 Å². The van der Waals surface area contributed by atoms with Crippen molar-refractivity contribution in [2.75, 3.05) is 20.2 Å². The molecule has 1 amide bonds. The fraction of sp³-hybridized carbons (Fsp3) is 0.409. The third kappa shape index (κ3) is 5.25. The number of carbonyl (C=O) groups is 1. The summed E-state index contributed by atoms with van der Waals surface area (Å²) in [6, 6.07) is 9.40. The van der Waals surface area contributed by atoms with Crippen LogP contribution < -0.4 is 4.74 Å². The third-order valence-corrected chi connectivity index (χ3v) is 4.65. The fourth-order valence-electron chi connectivity index (χ4n) is 3.19. The van der Waals surface area contributed by atoms with Crippen molar-refractivity contribution in [1.82, 2.24) is 4.90 Å². The molecule has 0 atom stereocenters. The summed E-state index contributed by atoms with van der Waals surface area (Å²) in [4.78, 5) is 30.2. The Morgan fingerprint density at radius 2 is 1.77 bits per heavy atom. The normalized spacial score (nSPS) is 13.8. The van der Waals surface area contributed by atoms with Gasteiger partial charge in [-0.05, 0) is 62.9 Å². The first kappa shape index (κ1) is 21.5. The predicted octanol–water partition coefficient (Wildman–Crippen LogP) is 4.93. The van der Waals surface area contributed by atoms with Crippen molar-refractivity contribution in [2.24, 2.45) is 0 Å². The molecule has 1 aliphatic rings. The maximum atomic E-state index is 14.3. The van der Waals surface area contributed by atoms with Crippen LogP contribution in [-0.4, -0.2) is 41.7 Å². The van der Waals surface area contributed by atoms with Crippen molar-refractivity contribution in [3.05, 3.63) is 58.2 Å². The lowest BCUT2D eigenvalue weighted by molar-refractivity contribution is -0.736. The van der Waals surface area contributed by atoms with Crippen LogP contribution in [0.25, 0.3) is 0 Å². The van der Waals surface area contributed by atoms with Gasteiger partial charge in [-0.2, -0.15) is 0 Å². The molecule has 0 aliphatic carbocycles. The molecule has 2 aromatic rings. The van der Waals surface area contributed by atoms with E-state index in [2.05, 4.69) is 4.84 Å². The lowest BCUT2D eigenvalue weighted by Gasteiger charge is -2.26. The van der Waals surface area contributed by atoms with Crippen LogP contribution in [0.5, 0.6) is 11.5 Å². The lowest BCUT2D eigenvalue weighted by atomic mass is 10.0. The van der Waals surface area contributed by atoms with Crippen LogP contribution in [0.3, 0.4) is 0 Å². The molecule has 7 nitrogen and oxygen atoms in total. The number of hydrogen-bond donors (Lipinski definition) is 0. The average molecular weight is 417 g/mol. The van der Waals surface area contributed by atoms with E-state index in [0.29, 0.717) is 31.7 Å².